The monoisotopic (exact) mass is 314 g/mol. The minimum Gasteiger partial charge on any atom is -0.462 e. The van der Waals surface area contributed by atoms with Crippen LogP contribution >= 0.6 is 0 Å². The maximum absolute atomic E-state index is 13.3. The molecule has 1 unspecified atom stereocenters. The zero-order valence-electron chi connectivity index (χ0n) is 13.0. The lowest BCUT2D eigenvalue weighted by Crippen LogP contribution is -2.27. The fourth-order valence-corrected chi connectivity index (χ4v) is 2.05. The molecule has 0 N–H and O–H groups in total. The van der Waals surface area contributed by atoms with Crippen molar-refractivity contribution in [3.05, 3.63) is 66.5 Å². The van der Waals surface area contributed by atoms with Crippen LogP contribution in [0.3, 0.4) is 0 Å². The van der Waals surface area contributed by atoms with Gasteiger partial charge in [-0.15, -0.1) is 0 Å². The van der Waals surface area contributed by atoms with Crippen molar-refractivity contribution in [1.82, 2.24) is 0 Å². The Kier molecular flexibility index (Phi) is 5.57. The lowest BCUT2D eigenvalue weighted by Gasteiger charge is -2.25. The smallest absolute Gasteiger partial charge is 0.333 e. The second-order valence-corrected chi connectivity index (χ2v) is 5.43. The number of azo groups is 1. The molecule has 0 aliphatic heterocycles. The van der Waals surface area contributed by atoms with Gasteiger partial charge in [-0.05, 0) is 37.6 Å². The molecule has 1 aliphatic carbocycles. The molecular formula is C18H19FN2O2. The van der Waals surface area contributed by atoms with Crippen LogP contribution in [0.1, 0.15) is 19.8 Å². The van der Waals surface area contributed by atoms with Crippen molar-refractivity contribution in [2.45, 2.75) is 25.3 Å². The summed E-state index contributed by atoms with van der Waals surface area (Å²) in [5, 5.41) is 8.60. The molecule has 120 valence electrons. The van der Waals surface area contributed by atoms with Gasteiger partial charge in [0.2, 0.25) is 0 Å². The zero-order chi connectivity index (χ0) is 16.7. The van der Waals surface area contributed by atoms with Gasteiger partial charge in [0.05, 0.1) is 12.3 Å². The Hall–Kier alpha value is -2.56. The Bertz CT molecular complexity index is 665. The number of hydrogen-bond donors (Lipinski definition) is 0. The lowest BCUT2D eigenvalue weighted by atomic mass is 9.89. The van der Waals surface area contributed by atoms with Crippen LogP contribution in [-0.4, -0.2) is 18.1 Å². The molecule has 1 atom stereocenters. The Labute approximate surface area is 135 Å². The van der Waals surface area contributed by atoms with Gasteiger partial charge in [-0.3, -0.25) is 0 Å². The van der Waals surface area contributed by atoms with Gasteiger partial charge in [0.1, 0.15) is 11.4 Å². The van der Waals surface area contributed by atoms with Crippen LogP contribution < -0.4 is 0 Å². The first-order chi connectivity index (χ1) is 11.0. The summed E-state index contributed by atoms with van der Waals surface area (Å²) >= 11 is 0. The van der Waals surface area contributed by atoms with Crippen LogP contribution in [0.25, 0.3) is 0 Å². The normalized spacial score (nSPS) is 20.3. The van der Waals surface area contributed by atoms with Crippen molar-refractivity contribution in [3.8, 4) is 0 Å². The molecule has 1 aromatic carbocycles. The molecule has 0 saturated heterocycles. The molecule has 5 heteroatoms. The van der Waals surface area contributed by atoms with Crippen LogP contribution in [0.4, 0.5) is 10.1 Å². The molecule has 0 radical (unpaired) electrons. The molecule has 0 saturated carbocycles. The molecule has 4 nitrogen and oxygen atoms in total. The largest absolute Gasteiger partial charge is 0.462 e. The van der Waals surface area contributed by atoms with E-state index in [0.717, 1.165) is 0 Å². The Morgan fingerprint density at radius 1 is 1.39 bits per heavy atom. The maximum Gasteiger partial charge on any atom is 0.333 e. The molecule has 23 heavy (non-hydrogen) atoms. The first kappa shape index (κ1) is 16.8. The van der Waals surface area contributed by atoms with E-state index >= 15 is 0 Å². The number of halogens is 1. The highest BCUT2D eigenvalue weighted by Crippen LogP contribution is 2.31. The van der Waals surface area contributed by atoms with Gasteiger partial charge in [0.15, 0.2) is 0 Å². The number of carbonyl (C=O) groups is 1. The van der Waals surface area contributed by atoms with Crippen LogP contribution in [0.5, 0.6) is 0 Å². The van der Waals surface area contributed by atoms with Crippen molar-refractivity contribution in [2.75, 3.05) is 6.61 Å². The number of nitrogens with zero attached hydrogens (tertiary/aromatic N) is 2. The molecule has 0 heterocycles. The van der Waals surface area contributed by atoms with Crippen molar-refractivity contribution >= 4 is 11.7 Å². The van der Waals surface area contributed by atoms with E-state index in [4.69, 9.17) is 4.74 Å². The number of ether oxygens (including phenoxy) is 1. The summed E-state index contributed by atoms with van der Waals surface area (Å²) in [7, 11) is 0. The molecule has 0 amide bonds. The van der Waals surface area contributed by atoms with Crippen LogP contribution in [0.2, 0.25) is 0 Å². The maximum atomic E-state index is 13.3. The Morgan fingerprint density at radius 2 is 2.13 bits per heavy atom. The summed E-state index contributed by atoms with van der Waals surface area (Å²) in [5.41, 5.74) is 0.352. The minimum atomic E-state index is -0.708. The summed E-state index contributed by atoms with van der Waals surface area (Å²) in [5.74, 6) is -0.740. The predicted molar refractivity (Wildman–Crippen MR) is 87.0 cm³/mol. The summed E-state index contributed by atoms with van der Waals surface area (Å²) in [6.45, 7) is 5.29. The highest BCUT2D eigenvalue weighted by molar-refractivity contribution is 5.86. The summed E-state index contributed by atoms with van der Waals surface area (Å²) in [6, 6.07) is 9.30. The summed E-state index contributed by atoms with van der Waals surface area (Å²) in [4.78, 5) is 11.5. The third-order valence-electron chi connectivity index (χ3n) is 3.44. The molecular weight excluding hydrogens is 295 g/mol. The number of carbonyl (C=O) groups excluding carboxylic acids is 1. The van der Waals surface area contributed by atoms with Gasteiger partial charge in [-0.1, -0.05) is 30.9 Å². The van der Waals surface area contributed by atoms with E-state index < -0.39 is 11.5 Å². The first-order valence-electron chi connectivity index (χ1n) is 7.36. The number of rotatable bonds is 6. The number of benzene rings is 1. The summed E-state index contributed by atoms with van der Waals surface area (Å²) in [6.07, 6.45) is 5.29. The number of allylic oxidation sites excluding steroid dienone is 2. The van der Waals surface area contributed by atoms with E-state index in [-0.39, 0.29) is 12.4 Å². The van der Waals surface area contributed by atoms with Gasteiger partial charge >= 0.3 is 5.97 Å². The van der Waals surface area contributed by atoms with Crippen molar-refractivity contribution < 1.29 is 13.9 Å². The van der Waals surface area contributed by atoms with Crippen LogP contribution in [-0.2, 0) is 9.53 Å². The van der Waals surface area contributed by atoms with E-state index in [1.165, 1.54) is 12.2 Å². The molecule has 0 spiro atoms. The van der Waals surface area contributed by atoms with Crippen molar-refractivity contribution in [1.29, 1.82) is 0 Å². The van der Waals surface area contributed by atoms with Gasteiger partial charge in [0, 0.05) is 12.0 Å². The molecule has 0 bridgehead atoms. The molecule has 1 aliphatic rings. The highest BCUT2D eigenvalue weighted by atomic mass is 19.1. The minimum absolute atomic E-state index is 0.166. The molecule has 1 aromatic rings. The Balaban J connectivity index is 2.08. The van der Waals surface area contributed by atoms with Crippen molar-refractivity contribution in [2.24, 2.45) is 10.2 Å². The topological polar surface area (TPSA) is 51.0 Å². The third-order valence-corrected chi connectivity index (χ3v) is 3.44. The first-order valence-corrected chi connectivity index (χ1v) is 7.36. The van der Waals surface area contributed by atoms with E-state index in [2.05, 4.69) is 16.8 Å². The average Bonchev–Trinajstić information content (AvgIpc) is 2.56. The van der Waals surface area contributed by atoms with Crippen molar-refractivity contribution in [3.63, 3.8) is 0 Å². The second kappa shape index (κ2) is 7.63. The summed E-state index contributed by atoms with van der Waals surface area (Å²) < 4.78 is 18.4. The fourth-order valence-electron chi connectivity index (χ4n) is 2.05. The zero-order valence-corrected chi connectivity index (χ0v) is 13.0. The van der Waals surface area contributed by atoms with E-state index in [1.54, 1.807) is 13.0 Å². The fraction of sp³-hybridized carbons (Fsp3) is 0.278. The lowest BCUT2D eigenvalue weighted by molar-refractivity contribution is -0.139. The van der Waals surface area contributed by atoms with E-state index in [1.807, 2.05) is 30.3 Å². The third kappa shape index (κ3) is 4.98. The average molecular weight is 314 g/mol. The second-order valence-electron chi connectivity index (χ2n) is 5.43. The van der Waals surface area contributed by atoms with Crippen LogP contribution in [0.15, 0.2) is 76.8 Å². The van der Waals surface area contributed by atoms with Gasteiger partial charge in [-0.25, -0.2) is 9.18 Å². The van der Waals surface area contributed by atoms with Crippen LogP contribution in [0, 0.1) is 0 Å². The van der Waals surface area contributed by atoms with E-state index in [9.17, 15) is 9.18 Å². The Morgan fingerprint density at radius 3 is 2.74 bits per heavy atom. The van der Waals surface area contributed by atoms with Gasteiger partial charge in [-0.2, -0.15) is 10.2 Å². The molecule has 2 rings (SSSR count). The highest BCUT2D eigenvalue weighted by Gasteiger charge is 2.29. The predicted octanol–water partition coefficient (Wildman–Crippen LogP) is 4.83. The SMILES string of the molecule is C=C(C)C(=O)OCCC1(N=Nc2ccccc2)C=CC(F)=CC1. The van der Waals surface area contributed by atoms with Gasteiger partial charge < -0.3 is 4.74 Å². The number of hydrogen-bond acceptors (Lipinski definition) is 4. The molecule has 0 aromatic heterocycles. The van der Waals surface area contributed by atoms with E-state index in [0.29, 0.717) is 24.1 Å². The molecule has 0 fully saturated rings. The number of esters is 1. The quantitative estimate of drug-likeness (QED) is 0.429. The van der Waals surface area contributed by atoms with Gasteiger partial charge in [0.25, 0.3) is 0 Å². The standard InChI is InChI=1S/C18H19FN2O2/c1-14(2)17(22)23-13-12-18(10-8-15(19)9-11-18)21-20-16-6-4-3-5-7-16/h3-10H,1,11-13H2,2H3.